The van der Waals surface area contributed by atoms with Crippen molar-refractivity contribution < 1.29 is 0 Å². The first-order valence-corrected chi connectivity index (χ1v) is 10.4. The first-order chi connectivity index (χ1) is 10.3. The number of halogens is 1. The van der Waals surface area contributed by atoms with Gasteiger partial charge >= 0.3 is 0 Å². The quantitative estimate of drug-likeness (QED) is 0.473. The second kappa shape index (κ2) is 9.94. The van der Waals surface area contributed by atoms with Crippen LogP contribution in [0.4, 0.5) is 0 Å². The van der Waals surface area contributed by atoms with Crippen LogP contribution in [0, 0.1) is 11.8 Å². The molecule has 2 atom stereocenters. The lowest BCUT2D eigenvalue weighted by Gasteiger charge is -2.26. The normalized spacial score (nSPS) is 23.5. The van der Waals surface area contributed by atoms with Crippen LogP contribution in [0.15, 0.2) is 33.6 Å². The second-order valence-electron chi connectivity index (χ2n) is 6.49. The van der Waals surface area contributed by atoms with Gasteiger partial charge in [0.2, 0.25) is 0 Å². The molecule has 21 heavy (non-hydrogen) atoms. The van der Waals surface area contributed by atoms with Crippen molar-refractivity contribution in [1.29, 1.82) is 0 Å². The zero-order chi connectivity index (χ0) is 14.9. The predicted octanol–water partition coefficient (Wildman–Crippen LogP) is 7.32. The van der Waals surface area contributed by atoms with E-state index in [4.69, 9.17) is 0 Å². The number of hydrogen-bond acceptors (Lipinski definition) is 1. The summed E-state index contributed by atoms with van der Waals surface area (Å²) in [6, 6.07) is 8.75. The summed E-state index contributed by atoms with van der Waals surface area (Å²) in [6.45, 7) is 2.34. The maximum Gasteiger partial charge on any atom is 0.0176 e. The summed E-state index contributed by atoms with van der Waals surface area (Å²) < 4.78 is 1.18. The fourth-order valence-electron chi connectivity index (χ4n) is 3.56. The highest BCUT2D eigenvalue weighted by Gasteiger charge is 2.18. The smallest absolute Gasteiger partial charge is 0.0176 e. The third-order valence-corrected chi connectivity index (χ3v) is 6.27. The molecule has 1 fully saturated rings. The lowest BCUT2D eigenvalue weighted by molar-refractivity contribution is 0.278. The van der Waals surface area contributed by atoms with E-state index in [1.54, 1.807) is 0 Å². The third-order valence-electron chi connectivity index (χ3n) is 4.70. The number of rotatable bonds is 6. The van der Waals surface area contributed by atoms with Crippen LogP contribution in [0.25, 0.3) is 0 Å². The van der Waals surface area contributed by atoms with Crippen LogP contribution >= 0.6 is 27.7 Å². The molecule has 0 N–H and O–H groups in total. The molecule has 0 bridgehead atoms. The molecule has 0 saturated heterocycles. The minimum absolute atomic E-state index is 0.977. The molecule has 0 nitrogen and oxygen atoms in total. The van der Waals surface area contributed by atoms with Gasteiger partial charge in [0, 0.05) is 9.37 Å². The topological polar surface area (TPSA) is 0 Å². The lowest BCUT2D eigenvalue weighted by atomic mass is 9.81. The minimum atomic E-state index is 0.977. The Balaban J connectivity index is 1.75. The van der Waals surface area contributed by atoms with E-state index in [0.717, 1.165) is 11.8 Å². The molecule has 0 spiro atoms. The van der Waals surface area contributed by atoms with Crippen LogP contribution in [0.2, 0.25) is 0 Å². The van der Waals surface area contributed by atoms with Crippen molar-refractivity contribution in [3.05, 3.63) is 28.7 Å². The van der Waals surface area contributed by atoms with E-state index in [-0.39, 0.29) is 0 Å². The van der Waals surface area contributed by atoms with Crippen LogP contribution in [-0.4, -0.2) is 5.75 Å². The van der Waals surface area contributed by atoms with Gasteiger partial charge in [-0.2, -0.15) is 0 Å². The van der Waals surface area contributed by atoms with Crippen LogP contribution in [0.5, 0.6) is 0 Å². The highest BCUT2D eigenvalue weighted by molar-refractivity contribution is 9.10. The van der Waals surface area contributed by atoms with E-state index in [9.17, 15) is 0 Å². The molecule has 118 valence electrons. The predicted molar refractivity (Wildman–Crippen MR) is 99.1 cm³/mol. The largest absolute Gasteiger partial charge is 0.126 e. The van der Waals surface area contributed by atoms with Gasteiger partial charge in [-0.25, -0.2) is 0 Å². The van der Waals surface area contributed by atoms with Gasteiger partial charge in [0.05, 0.1) is 0 Å². The van der Waals surface area contributed by atoms with Gasteiger partial charge in [-0.3, -0.25) is 0 Å². The molecular weight excluding hydrogens is 340 g/mol. The Morgan fingerprint density at radius 3 is 2.33 bits per heavy atom. The van der Waals surface area contributed by atoms with Crippen molar-refractivity contribution in [3.8, 4) is 0 Å². The minimum Gasteiger partial charge on any atom is -0.126 e. The highest BCUT2D eigenvalue weighted by Crippen LogP contribution is 2.33. The molecule has 1 saturated carbocycles. The number of benzene rings is 1. The molecule has 0 amide bonds. The van der Waals surface area contributed by atoms with E-state index in [2.05, 4.69) is 47.1 Å². The maximum atomic E-state index is 3.50. The Morgan fingerprint density at radius 1 is 1.00 bits per heavy atom. The van der Waals surface area contributed by atoms with E-state index in [1.165, 1.54) is 72.9 Å². The van der Waals surface area contributed by atoms with Gasteiger partial charge in [0.25, 0.3) is 0 Å². The maximum absolute atomic E-state index is 3.50. The zero-order valence-electron chi connectivity index (χ0n) is 13.3. The van der Waals surface area contributed by atoms with Crippen LogP contribution < -0.4 is 0 Å². The summed E-state index contributed by atoms with van der Waals surface area (Å²) in [7, 11) is 0. The van der Waals surface area contributed by atoms with E-state index in [0.29, 0.717) is 0 Å². The average Bonchev–Trinajstić information content (AvgIpc) is 2.45. The summed E-state index contributed by atoms with van der Waals surface area (Å²) in [6.07, 6.45) is 13.1. The molecule has 0 heterocycles. The van der Waals surface area contributed by atoms with Gasteiger partial charge in [-0.05, 0) is 54.7 Å². The first kappa shape index (κ1) is 17.4. The van der Waals surface area contributed by atoms with Crippen molar-refractivity contribution in [2.75, 3.05) is 5.75 Å². The number of thioether (sulfide) groups is 1. The standard InChI is InChI=1S/C19H29BrS/c1-2-6-16-7-4-3-5-8-17(15-16)13-14-21-19-11-9-18(20)10-12-19/h9-12,16-17H,2-8,13-15H2,1H3. The molecule has 0 radical (unpaired) electrons. The Kier molecular flexibility index (Phi) is 8.24. The van der Waals surface area contributed by atoms with E-state index >= 15 is 0 Å². The fourth-order valence-corrected chi connectivity index (χ4v) is 4.84. The Hall–Kier alpha value is 0.0500. The van der Waals surface area contributed by atoms with Crippen molar-refractivity contribution in [2.24, 2.45) is 11.8 Å². The summed E-state index contributed by atoms with van der Waals surface area (Å²) in [5.74, 6) is 3.27. The Morgan fingerprint density at radius 2 is 1.67 bits per heavy atom. The Labute approximate surface area is 143 Å². The molecule has 2 rings (SSSR count). The Bertz CT molecular complexity index is 387. The fraction of sp³-hybridized carbons (Fsp3) is 0.684. The molecule has 0 aliphatic heterocycles. The SMILES string of the molecule is CCCC1CCCCCC(CCSc2ccc(Br)cc2)C1. The highest BCUT2D eigenvalue weighted by atomic mass is 79.9. The summed E-state index contributed by atoms with van der Waals surface area (Å²) in [4.78, 5) is 1.41. The molecule has 2 unspecified atom stereocenters. The van der Waals surface area contributed by atoms with Gasteiger partial charge < -0.3 is 0 Å². The van der Waals surface area contributed by atoms with Crippen LogP contribution in [0.1, 0.15) is 64.7 Å². The van der Waals surface area contributed by atoms with Crippen molar-refractivity contribution in [1.82, 2.24) is 0 Å². The third kappa shape index (κ3) is 6.78. The van der Waals surface area contributed by atoms with Crippen molar-refractivity contribution >= 4 is 27.7 Å². The first-order valence-electron chi connectivity index (χ1n) is 8.66. The summed E-state index contributed by atoms with van der Waals surface area (Å²) in [5.41, 5.74) is 0. The molecule has 0 aromatic heterocycles. The molecule has 1 aliphatic carbocycles. The summed E-state index contributed by atoms with van der Waals surface area (Å²) >= 11 is 5.53. The van der Waals surface area contributed by atoms with Gasteiger partial charge in [-0.15, -0.1) is 11.8 Å². The van der Waals surface area contributed by atoms with Crippen LogP contribution in [0.3, 0.4) is 0 Å². The van der Waals surface area contributed by atoms with Gasteiger partial charge in [0.15, 0.2) is 0 Å². The van der Waals surface area contributed by atoms with Crippen molar-refractivity contribution in [3.63, 3.8) is 0 Å². The molecule has 1 aliphatic rings. The van der Waals surface area contributed by atoms with Gasteiger partial charge in [0.1, 0.15) is 0 Å². The molecule has 1 aromatic carbocycles. The van der Waals surface area contributed by atoms with Crippen molar-refractivity contribution in [2.45, 2.75) is 69.6 Å². The monoisotopic (exact) mass is 368 g/mol. The van der Waals surface area contributed by atoms with E-state index in [1.807, 2.05) is 11.8 Å². The molecule has 1 aromatic rings. The van der Waals surface area contributed by atoms with E-state index < -0.39 is 0 Å². The zero-order valence-corrected chi connectivity index (χ0v) is 15.7. The molecule has 2 heteroatoms. The lowest BCUT2D eigenvalue weighted by Crippen LogP contribution is -2.13. The van der Waals surface area contributed by atoms with Gasteiger partial charge in [-0.1, -0.05) is 67.8 Å². The molecular formula is C19H29BrS. The average molecular weight is 369 g/mol. The number of hydrogen-bond donors (Lipinski definition) is 0. The summed E-state index contributed by atoms with van der Waals surface area (Å²) in [5, 5.41) is 0. The van der Waals surface area contributed by atoms with Crippen LogP contribution in [-0.2, 0) is 0 Å². The second-order valence-corrected chi connectivity index (χ2v) is 8.57.